The number of allylic oxidation sites excluding steroid dienone is 4. The predicted octanol–water partition coefficient (Wildman–Crippen LogP) is 3.44. The van der Waals surface area contributed by atoms with Crippen LogP contribution in [0.4, 0.5) is 0 Å². The molecule has 2 aliphatic carbocycles. The average Bonchev–Trinajstić information content (AvgIpc) is 3.19. The zero-order chi connectivity index (χ0) is 24.0. The Morgan fingerprint density at radius 3 is 1.62 bits per heavy atom. The number of hydrogen-bond acceptors (Lipinski definition) is 5. The number of imide groups is 2. The molecule has 5 rings (SSSR count). The van der Waals surface area contributed by atoms with Crippen molar-refractivity contribution >= 4 is 46.8 Å². The first kappa shape index (κ1) is 23.3. The third-order valence-corrected chi connectivity index (χ3v) is 7.87. The third-order valence-electron chi connectivity index (χ3n) is 7.25. The van der Waals surface area contributed by atoms with Crippen molar-refractivity contribution in [3.05, 3.63) is 58.1 Å². The molecule has 2 saturated heterocycles. The molecule has 1 aromatic carbocycles. The molecule has 34 heavy (non-hydrogen) atoms. The summed E-state index contributed by atoms with van der Waals surface area (Å²) in [5.41, 5.74) is 0.949. The van der Waals surface area contributed by atoms with E-state index < -0.39 is 23.7 Å². The van der Waals surface area contributed by atoms with Crippen LogP contribution < -0.4 is 0 Å². The minimum absolute atomic E-state index is 0.00256. The molecular weight excluding hydrogens is 477 g/mol. The minimum atomic E-state index is -0.449. The maximum atomic E-state index is 13.1. The molecule has 4 amide bonds. The fourth-order valence-electron chi connectivity index (χ4n) is 5.46. The van der Waals surface area contributed by atoms with Crippen LogP contribution >= 0.6 is 23.2 Å². The van der Waals surface area contributed by atoms with Crippen LogP contribution in [-0.2, 0) is 25.7 Å². The number of carbonyl (C=O) groups excluding carboxylic acids is 4. The van der Waals surface area contributed by atoms with Crippen LogP contribution in [0.3, 0.4) is 0 Å². The molecule has 0 radical (unpaired) electrons. The van der Waals surface area contributed by atoms with Gasteiger partial charge in [0, 0.05) is 16.6 Å². The monoisotopic (exact) mass is 501 g/mol. The number of halogens is 2. The molecule has 178 valence electrons. The van der Waals surface area contributed by atoms with Gasteiger partial charge in [0.2, 0.25) is 23.6 Å². The minimum Gasteiger partial charge on any atom is -0.274 e. The van der Waals surface area contributed by atoms with E-state index in [1.165, 1.54) is 9.80 Å². The van der Waals surface area contributed by atoms with E-state index in [-0.39, 0.29) is 37.0 Å². The summed E-state index contributed by atoms with van der Waals surface area (Å²) < 4.78 is 0. The molecule has 0 saturated carbocycles. The van der Waals surface area contributed by atoms with E-state index in [0.29, 0.717) is 42.3 Å². The smallest absolute Gasteiger partial charge is 0.234 e. The number of rotatable bonds is 6. The van der Waals surface area contributed by atoms with Gasteiger partial charge in [0.05, 0.1) is 37.0 Å². The Hall–Kier alpha value is -2.48. The van der Waals surface area contributed by atoms with Crippen LogP contribution in [0.1, 0.15) is 31.2 Å². The Labute approximate surface area is 207 Å². The number of fused-ring (bicyclic) bond motifs is 2. The fourth-order valence-corrected chi connectivity index (χ4v) is 5.97. The van der Waals surface area contributed by atoms with Crippen molar-refractivity contribution in [3.63, 3.8) is 0 Å². The van der Waals surface area contributed by atoms with Gasteiger partial charge in [0.25, 0.3) is 0 Å². The highest BCUT2D eigenvalue weighted by molar-refractivity contribution is 6.30. The van der Waals surface area contributed by atoms with Crippen molar-refractivity contribution < 1.29 is 19.2 Å². The molecule has 1 aromatic rings. The van der Waals surface area contributed by atoms with Crippen molar-refractivity contribution in [1.82, 2.24) is 14.7 Å². The van der Waals surface area contributed by atoms with Gasteiger partial charge >= 0.3 is 0 Å². The number of hydrogen-bond donors (Lipinski definition) is 0. The first-order valence-corrected chi connectivity index (χ1v) is 12.2. The van der Waals surface area contributed by atoms with Crippen LogP contribution in [-0.4, -0.2) is 51.7 Å². The number of benzene rings is 1. The van der Waals surface area contributed by atoms with Gasteiger partial charge in [0.15, 0.2) is 0 Å². The molecule has 0 spiro atoms. The number of amides is 4. The van der Waals surface area contributed by atoms with Crippen molar-refractivity contribution in [2.45, 2.75) is 32.2 Å². The summed E-state index contributed by atoms with van der Waals surface area (Å²) in [7, 11) is 0. The summed E-state index contributed by atoms with van der Waals surface area (Å²) in [4.78, 5) is 56.7. The summed E-state index contributed by atoms with van der Waals surface area (Å²) in [6, 6.07) is 9.56. The van der Waals surface area contributed by atoms with Gasteiger partial charge in [-0.2, -0.15) is 0 Å². The molecule has 0 N–H and O–H groups in total. The van der Waals surface area contributed by atoms with Gasteiger partial charge in [-0.15, -0.1) is 0 Å². The van der Waals surface area contributed by atoms with Crippen molar-refractivity contribution in [2.24, 2.45) is 23.7 Å². The van der Waals surface area contributed by atoms with E-state index in [4.69, 9.17) is 23.2 Å². The van der Waals surface area contributed by atoms with Crippen LogP contribution in [0.2, 0.25) is 0 Å². The van der Waals surface area contributed by atoms with Crippen LogP contribution in [0, 0.1) is 23.7 Å². The predicted molar refractivity (Wildman–Crippen MR) is 126 cm³/mol. The average molecular weight is 502 g/mol. The van der Waals surface area contributed by atoms with Gasteiger partial charge in [-0.1, -0.05) is 65.7 Å². The number of nitrogens with zero attached hydrogens (tertiary/aromatic N) is 3. The largest absolute Gasteiger partial charge is 0.274 e. The van der Waals surface area contributed by atoms with Gasteiger partial charge in [0.1, 0.15) is 0 Å². The molecule has 2 fully saturated rings. The van der Waals surface area contributed by atoms with Crippen molar-refractivity contribution in [3.8, 4) is 0 Å². The first-order valence-electron chi connectivity index (χ1n) is 11.5. The lowest BCUT2D eigenvalue weighted by molar-refractivity contribution is -0.145. The van der Waals surface area contributed by atoms with Crippen LogP contribution in [0.5, 0.6) is 0 Å². The second-order valence-corrected chi connectivity index (χ2v) is 10.4. The zero-order valence-corrected chi connectivity index (χ0v) is 20.0. The summed E-state index contributed by atoms with van der Waals surface area (Å²) >= 11 is 12.3. The number of carbonyl (C=O) groups is 4. The first-order chi connectivity index (χ1) is 16.3. The molecule has 0 unspecified atom stereocenters. The summed E-state index contributed by atoms with van der Waals surface area (Å²) in [6.45, 7) is 0.378. The van der Waals surface area contributed by atoms with Gasteiger partial charge in [-0.05, 0) is 31.2 Å². The lowest BCUT2D eigenvalue weighted by Crippen LogP contribution is -2.48. The quantitative estimate of drug-likeness (QED) is 0.557. The third kappa shape index (κ3) is 4.21. The lowest BCUT2D eigenvalue weighted by atomic mass is 9.85. The zero-order valence-electron chi connectivity index (χ0n) is 18.5. The van der Waals surface area contributed by atoms with E-state index in [0.717, 1.165) is 5.56 Å². The Morgan fingerprint density at radius 2 is 1.15 bits per heavy atom. The molecule has 0 aromatic heterocycles. The maximum absolute atomic E-state index is 13.1. The Morgan fingerprint density at radius 1 is 0.706 bits per heavy atom. The van der Waals surface area contributed by atoms with E-state index in [1.54, 1.807) is 4.90 Å². The normalized spacial score (nSPS) is 28.9. The van der Waals surface area contributed by atoms with Crippen molar-refractivity contribution in [1.29, 1.82) is 0 Å². The molecule has 7 nitrogen and oxygen atoms in total. The molecule has 2 heterocycles. The Balaban J connectivity index is 1.36. The second-order valence-electron chi connectivity index (χ2n) is 9.41. The Kier molecular flexibility index (Phi) is 6.35. The van der Waals surface area contributed by atoms with Gasteiger partial charge in [-0.25, -0.2) is 0 Å². The molecule has 0 bridgehead atoms. The van der Waals surface area contributed by atoms with Crippen LogP contribution in [0.25, 0.3) is 0 Å². The van der Waals surface area contributed by atoms with E-state index in [2.05, 4.69) is 0 Å². The number of likely N-dealkylation sites (tertiary alicyclic amines) is 2. The van der Waals surface area contributed by atoms with E-state index in [9.17, 15) is 19.2 Å². The highest BCUT2D eigenvalue weighted by atomic mass is 35.5. The second kappa shape index (κ2) is 9.29. The molecule has 9 heteroatoms. The molecule has 4 atom stereocenters. The lowest BCUT2D eigenvalue weighted by Gasteiger charge is -2.30. The topological polar surface area (TPSA) is 78.0 Å². The standard InChI is InChI=1S/C25H25Cl2N3O4/c26-16-6-8-18-20(10-16)24(33)29(22(18)31)13-28(12-15-4-2-1-3-5-15)14-30-23(32)19-9-7-17(27)11-21(19)25(30)34/h1-7,18-21H,8-14H2/t18-,19-,20+,21+/m1/s1. The summed E-state index contributed by atoms with van der Waals surface area (Å²) in [5, 5.41) is 1.21. The Bertz CT molecular complexity index is 1040. The molecule has 4 aliphatic rings. The van der Waals surface area contributed by atoms with Crippen LogP contribution in [0.15, 0.2) is 52.5 Å². The summed E-state index contributed by atoms with van der Waals surface area (Å²) in [5.74, 6) is -2.65. The molecular formula is C25H25Cl2N3O4. The fraction of sp³-hybridized carbons (Fsp3) is 0.440. The SMILES string of the molecule is O=C1[C@H]2CC(Cl)=CC[C@H]2C(=O)N1CN(Cc1ccccc1)CN1C(=O)[C@H]2CC(Cl)=CC[C@H]2C1=O. The van der Waals surface area contributed by atoms with E-state index >= 15 is 0 Å². The highest BCUT2D eigenvalue weighted by Crippen LogP contribution is 2.40. The summed E-state index contributed by atoms with van der Waals surface area (Å²) in [6.07, 6.45) is 5.24. The molecule has 2 aliphatic heterocycles. The van der Waals surface area contributed by atoms with E-state index in [1.807, 2.05) is 42.5 Å². The maximum Gasteiger partial charge on any atom is 0.234 e. The highest BCUT2D eigenvalue weighted by Gasteiger charge is 2.51. The van der Waals surface area contributed by atoms with Crippen molar-refractivity contribution in [2.75, 3.05) is 13.3 Å². The van der Waals surface area contributed by atoms with Gasteiger partial charge in [-0.3, -0.25) is 33.9 Å². The van der Waals surface area contributed by atoms with Gasteiger partial charge < -0.3 is 0 Å².